The average molecular weight is 907 g/mol. The van der Waals surface area contributed by atoms with Crippen molar-refractivity contribution in [3.8, 4) is 11.1 Å². The maximum absolute atomic E-state index is 12.9. The summed E-state index contributed by atoms with van der Waals surface area (Å²) in [5.41, 5.74) is 25.9. The summed E-state index contributed by atoms with van der Waals surface area (Å²) in [6, 6.07) is 9.12. The first-order valence-electron chi connectivity index (χ1n) is 22.8. The van der Waals surface area contributed by atoms with E-state index in [9.17, 15) is 26.3 Å². The Labute approximate surface area is 388 Å². The lowest BCUT2D eigenvalue weighted by Gasteiger charge is -2.16. The van der Waals surface area contributed by atoms with Gasteiger partial charge >= 0.3 is 12.4 Å². The highest BCUT2D eigenvalue weighted by Gasteiger charge is 2.38. The molecule has 0 saturated carbocycles. The van der Waals surface area contributed by atoms with Crippen LogP contribution in [-0.4, -0.2) is 9.13 Å². The van der Waals surface area contributed by atoms with E-state index in [2.05, 4.69) is 134 Å². The molecule has 0 unspecified atom stereocenters. The third-order valence-electron chi connectivity index (χ3n) is 15.2. The third kappa shape index (κ3) is 8.43. The topological polar surface area (TPSA) is 9.86 Å². The largest absolute Gasteiger partial charge is 0.417 e. The number of hydrogen-bond donors (Lipinski definition) is 0. The molecule has 8 heteroatoms. The van der Waals surface area contributed by atoms with E-state index in [-0.39, 0.29) is 17.2 Å². The number of fused-ring (bicyclic) bond motifs is 6. The number of benzene rings is 6. The lowest BCUT2D eigenvalue weighted by molar-refractivity contribution is -0.142. The van der Waals surface area contributed by atoms with Gasteiger partial charge in [0.1, 0.15) is 0 Å². The summed E-state index contributed by atoms with van der Waals surface area (Å²) in [6.45, 7) is 40.3. The fraction of sp³-hybridized carbons (Fsp3) is 0.379. The van der Waals surface area contributed by atoms with Gasteiger partial charge in [-0.2, -0.15) is 26.3 Å². The Hall–Kier alpha value is -5.50. The van der Waals surface area contributed by atoms with Gasteiger partial charge in [0.05, 0.1) is 33.2 Å². The van der Waals surface area contributed by atoms with Crippen molar-refractivity contribution >= 4 is 43.6 Å². The molecule has 0 spiro atoms. The van der Waals surface area contributed by atoms with Crippen LogP contribution in [0.2, 0.25) is 0 Å². The first kappa shape index (κ1) is 51.5. The number of nitrogens with zero attached hydrogens (tertiary/aromatic N) is 2. The first-order valence-corrected chi connectivity index (χ1v) is 22.8. The van der Waals surface area contributed by atoms with Crippen LogP contribution in [0.4, 0.5) is 26.3 Å². The molecule has 6 aromatic carbocycles. The normalized spacial score (nSPS) is 11.8. The van der Waals surface area contributed by atoms with Crippen LogP contribution >= 0.6 is 0 Å². The van der Waals surface area contributed by atoms with E-state index < -0.39 is 23.5 Å². The highest BCUT2D eigenvalue weighted by atomic mass is 19.4. The molecule has 0 fully saturated rings. The quantitative estimate of drug-likeness (QED) is 0.145. The van der Waals surface area contributed by atoms with Crippen molar-refractivity contribution in [2.75, 3.05) is 0 Å². The van der Waals surface area contributed by atoms with Crippen molar-refractivity contribution in [3.05, 3.63) is 149 Å². The van der Waals surface area contributed by atoms with Gasteiger partial charge in [-0.1, -0.05) is 50.2 Å². The molecule has 0 radical (unpaired) electrons. The Kier molecular flexibility index (Phi) is 14.5. The summed E-state index contributed by atoms with van der Waals surface area (Å²) in [4.78, 5) is 0. The Morgan fingerprint density at radius 3 is 0.864 bits per heavy atom. The maximum atomic E-state index is 12.9. The zero-order valence-electron chi connectivity index (χ0n) is 42.8. The molecular formula is C58H68F6N2. The van der Waals surface area contributed by atoms with Crippen molar-refractivity contribution in [3.63, 3.8) is 0 Å². The van der Waals surface area contributed by atoms with Crippen LogP contribution in [0.5, 0.6) is 0 Å². The minimum absolute atomic E-state index is 0.141. The average Bonchev–Trinajstić information content (AvgIpc) is 3.77. The molecule has 66 heavy (non-hydrogen) atoms. The van der Waals surface area contributed by atoms with E-state index in [0.717, 1.165) is 6.07 Å². The predicted molar refractivity (Wildman–Crippen MR) is 270 cm³/mol. The summed E-state index contributed by atoms with van der Waals surface area (Å²) in [7, 11) is 4.46. The van der Waals surface area contributed by atoms with Crippen molar-refractivity contribution < 1.29 is 26.3 Å². The summed E-state index contributed by atoms with van der Waals surface area (Å²) in [5.74, 6) is 0. The number of halogens is 6. The lowest BCUT2D eigenvalue weighted by Crippen LogP contribution is -2.12. The minimum Gasteiger partial charge on any atom is -0.343 e. The van der Waals surface area contributed by atoms with Gasteiger partial charge in [-0.3, -0.25) is 0 Å². The molecular weight excluding hydrogens is 839 g/mol. The van der Waals surface area contributed by atoms with E-state index in [1.165, 1.54) is 157 Å². The van der Waals surface area contributed by atoms with E-state index >= 15 is 0 Å². The third-order valence-corrected chi connectivity index (χ3v) is 15.2. The van der Waals surface area contributed by atoms with Crippen LogP contribution in [-0.2, 0) is 26.4 Å². The zero-order chi connectivity index (χ0) is 50.0. The van der Waals surface area contributed by atoms with Crippen LogP contribution < -0.4 is 0 Å². The van der Waals surface area contributed by atoms with Gasteiger partial charge in [0.15, 0.2) is 0 Å². The summed E-state index contributed by atoms with van der Waals surface area (Å²) in [6.07, 6.45) is -9.67. The zero-order valence-corrected chi connectivity index (χ0v) is 42.8. The number of alkyl halides is 6. The molecule has 8 rings (SSSR count). The predicted octanol–water partition coefficient (Wildman–Crippen LogP) is 18.0. The second kappa shape index (κ2) is 18.6. The van der Waals surface area contributed by atoms with Crippen LogP contribution in [0, 0.1) is 111 Å². The van der Waals surface area contributed by atoms with E-state index in [1.807, 2.05) is 13.8 Å². The number of hydrogen-bond acceptors (Lipinski definition) is 0. The van der Waals surface area contributed by atoms with Gasteiger partial charge in [-0.25, -0.2) is 0 Å². The Balaban J connectivity index is 0.000000182. The van der Waals surface area contributed by atoms with Gasteiger partial charge in [-0.05, 0) is 223 Å². The fourth-order valence-corrected chi connectivity index (χ4v) is 10.1. The molecule has 0 amide bonds. The van der Waals surface area contributed by atoms with Gasteiger partial charge < -0.3 is 9.13 Å². The summed E-state index contributed by atoms with van der Waals surface area (Å²) >= 11 is 0. The smallest absolute Gasteiger partial charge is 0.343 e. The van der Waals surface area contributed by atoms with Crippen molar-refractivity contribution in [1.29, 1.82) is 0 Å². The highest BCUT2D eigenvalue weighted by molar-refractivity contribution is 6.15. The Morgan fingerprint density at radius 2 is 0.606 bits per heavy atom. The van der Waals surface area contributed by atoms with Gasteiger partial charge in [0.2, 0.25) is 0 Å². The van der Waals surface area contributed by atoms with Gasteiger partial charge in [-0.15, -0.1) is 0 Å². The van der Waals surface area contributed by atoms with Crippen LogP contribution in [0.15, 0.2) is 48.5 Å². The molecule has 2 aromatic heterocycles. The van der Waals surface area contributed by atoms with Gasteiger partial charge in [0, 0.05) is 35.6 Å². The lowest BCUT2D eigenvalue weighted by atomic mass is 9.90. The van der Waals surface area contributed by atoms with Crippen molar-refractivity contribution in [1.82, 2.24) is 9.13 Å². The Bertz CT molecular complexity index is 2870. The molecule has 0 atom stereocenters. The molecule has 0 aliphatic carbocycles. The molecule has 352 valence electrons. The molecule has 0 N–H and O–H groups in total. The molecule has 0 aliphatic heterocycles. The van der Waals surface area contributed by atoms with Gasteiger partial charge in [0.25, 0.3) is 0 Å². The number of rotatable bonds is 1. The molecule has 2 nitrogen and oxygen atoms in total. The standard InChI is InChI=1S/2C21H27N.C14H8F6.C2H6/c2*1-10-12(3)16(7)20-18(14(10)5)19-15(6)11(2)13(4)17(8)21(19)22(20)9;15-13(16,17)10-6-7-11(9-4-2-1-3-5-9)12(8-10)14(18,19)20;1-2/h2*1-9H3;1-8H;1-2H3. The number of aryl methyl sites for hydroxylation is 10. The SMILES string of the molecule is CC.Cc1c(C)c(C)c2c(c1C)c1c(C)c(C)c(C)c(C)c1n2C.Cc1c(C)c(C)c2c(c1C)c1c(C)c(C)c(C)c(C)c1n2C.FC(F)(F)c1ccc(-c2ccccc2)c(C(F)(F)F)c1. The van der Waals surface area contributed by atoms with Crippen LogP contribution in [0.3, 0.4) is 0 Å². The maximum Gasteiger partial charge on any atom is 0.417 e. The van der Waals surface area contributed by atoms with E-state index in [1.54, 1.807) is 6.07 Å². The second-order valence-electron chi connectivity index (χ2n) is 18.1. The summed E-state index contributed by atoms with van der Waals surface area (Å²) in [5, 5.41) is 5.84. The van der Waals surface area contributed by atoms with Crippen molar-refractivity contribution in [2.45, 2.75) is 137 Å². The van der Waals surface area contributed by atoms with E-state index in [0.29, 0.717) is 6.07 Å². The second-order valence-corrected chi connectivity index (χ2v) is 18.1. The molecule has 2 heterocycles. The van der Waals surface area contributed by atoms with Crippen LogP contribution in [0.1, 0.15) is 114 Å². The fourth-order valence-electron chi connectivity index (χ4n) is 10.1. The molecule has 0 bridgehead atoms. The van der Waals surface area contributed by atoms with E-state index in [4.69, 9.17) is 0 Å². The highest BCUT2D eigenvalue weighted by Crippen LogP contribution is 2.44. The van der Waals surface area contributed by atoms with Crippen LogP contribution in [0.25, 0.3) is 54.7 Å². The Morgan fingerprint density at radius 1 is 0.333 bits per heavy atom. The monoisotopic (exact) mass is 907 g/mol. The van der Waals surface area contributed by atoms with Crippen molar-refractivity contribution in [2.24, 2.45) is 14.1 Å². The molecule has 8 aromatic rings. The number of aromatic nitrogens is 2. The summed E-state index contributed by atoms with van der Waals surface area (Å²) < 4.78 is 81.2. The molecule has 0 aliphatic rings. The first-order chi connectivity index (χ1) is 30.6. The molecule has 0 saturated heterocycles. The minimum atomic E-state index is -4.85.